The van der Waals surface area contributed by atoms with E-state index < -0.39 is 24.2 Å². The molecule has 1 saturated heterocycles. The van der Waals surface area contributed by atoms with Gasteiger partial charge < -0.3 is 10.4 Å². The second kappa shape index (κ2) is 6.38. The van der Waals surface area contributed by atoms with Crippen LogP contribution >= 0.6 is 15.9 Å². The summed E-state index contributed by atoms with van der Waals surface area (Å²) >= 11 is 3.33. The van der Waals surface area contributed by atoms with E-state index in [1.807, 2.05) is 13.0 Å². The van der Waals surface area contributed by atoms with E-state index in [2.05, 4.69) is 26.2 Å². The van der Waals surface area contributed by atoms with Gasteiger partial charge in [-0.2, -0.15) is 0 Å². The molecule has 1 aromatic rings. The molecule has 0 unspecified atom stereocenters. The SMILES string of the molecule is Cc1cc(Br)cc(CNC(=O)[C@@H]2C[C@@H](F)CN2C(=O)O)n1. The fraction of sp³-hybridized carbons (Fsp3) is 0.462. The van der Waals surface area contributed by atoms with Gasteiger partial charge in [0.25, 0.3) is 0 Å². The van der Waals surface area contributed by atoms with Crippen LogP contribution in [0.4, 0.5) is 9.18 Å². The van der Waals surface area contributed by atoms with Gasteiger partial charge >= 0.3 is 6.09 Å². The molecule has 1 aliphatic heterocycles. The van der Waals surface area contributed by atoms with Crippen LogP contribution in [0.2, 0.25) is 0 Å². The number of aryl methyl sites for hydroxylation is 1. The molecular weight excluding hydrogens is 345 g/mol. The summed E-state index contributed by atoms with van der Waals surface area (Å²) < 4.78 is 14.2. The average molecular weight is 360 g/mol. The Balaban J connectivity index is 1.99. The lowest BCUT2D eigenvalue weighted by Gasteiger charge is -2.20. The van der Waals surface area contributed by atoms with Crippen molar-refractivity contribution in [2.24, 2.45) is 0 Å². The van der Waals surface area contributed by atoms with Gasteiger partial charge in [0, 0.05) is 16.6 Å². The topological polar surface area (TPSA) is 82.5 Å². The molecule has 0 radical (unpaired) electrons. The number of hydrogen-bond donors (Lipinski definition) is 2. The van der Waals surface area contributed by atoms with E-state index in [0.717, 1.165) is 15.1 Å². The first-order valence-corrected chi connectivity index (χ1v) is 7.20. The van der Waals surface area contributed by atoms with Crippen molar-refractivity contribution < 1.29 is 19.1 Å². The number of carbonyl (C=O) groups is 2. The van der Waals surface area contributed by atoms with E-state index in [1.165, 1.54) is 0 Å². The Morgan fingerprint density at radius 1 is 1.57 bits per heavy atom. The van der Waals surface area contributed by atoms with E-state index in [0.29, 0.717) is 5.69 Å². The fourth-order valence-corrected chi connectivity index (χ4v) is 2.92. The van der Waals surface area contributed by atoms with Crippen LogP contribution in [0.1, 0.15) is 17.8 Å². The Morgan fingerprint density at radius 2 is 2.29 bits per heavy atom. The van der Waals surface area contributed by atoms with Crippen molar-refractivity contribution >= 4 is 27.9 Å². The molecule has 6 nitrogen and oxygen atoms in total. The number of pyridine rings is 1. The molecule has 2 heterocycles. The molecule has 2 N–H and O–H groups in total. The van der Waals surface area contributed by atoms with Crippen LogP contribution in [-0.4, -0.2) is 45.7 Å². The van der Waals surface area contributed by atoms with Crippen molar-refractivity contribution in [3.8, 4) is 0 Å². The predicted molar refractivity (Wildman–Crippen MR) is 76.6 cm³/mol. The summed E-state index contributed by atoms with van der Waals surface area (Å²) in [5, 5.41) is 11.6. The van der Waals surface area contributed by atoms with E-state index in [-0.39, 0.29) is 19.5 Å². The Bertz CT molecular complexity index is 549. The number of rotatable bonds is 3. The number of carboxylic acid groups (broad SMARTS) is 1. The zero-order chi connectivity index (χ0) is 15.6. The fourth-order valence-electron chi connectivity index (χ4n) is 2.32. The lowest BCUT2D eigenvalue weighted by Crippen LogP contribution is -2.45. The number of alkyl halides is 1. The second-order valence-corrected chi connectivity index (χ2v) is 5.84. The van der Waals surface area contributed by atoms with Gasteiger partial charge in [0.2, 0.25) is 5.91 Å². The van der Waals surface area contributed by atoms with Crippen LogP contribution < -0.4 is 5.32 Å². The monoisotopic (exact) mass is 359 g/mol. The summed E-state index contributed by atoms with van der Waals surface area (Å²) in [5.74, 6) is -0.503. The van der Waals surface area contributed by atoms with Gasteiger partial charge in [0.05, 0.1) is 18.8 Å². The quantitative estimate of drug-likeness (QED) is 0.862. The number of nitrogens with zero attached hydrogens (tertiary/aromatic N) is 2. The first kappa shape index (κ1) is 15.7. The highest BCUT2D eigenvalue weighted by Gasteiger charge is 2.39. The predicted octanol–water partition coefficient (Wildman–Crippen LogP) is 1.86. The minimum atomic E-state index is -1.30. The molecule has 1 aliphatic rings. The summed E-state index contributed by atoms with van der Waals surface area (Å²) in [6.45, 7) is 1.73. The largest absolute Gasteiger partial charge is 0.465 e. The molecule has 21 heavy (non-hydrogen) atoms. The van der Waals surface area contributed by atoms with Gasteiger partial charge in [-0.05, 0) is 19.1 Å². The van der Waals surface area contributed by atoms with Crippen molar-refractivity contribution in [2.45, 2.75) is 32.1 Å². The molecule has 114 valence electrons. The minimum Gasteiger partial charge on any atom is -0.465 e. The molecule has 1 fully saturated rings. The molecule has 0 aromatic carbocycles. The molecule has 0 bridgehead atoms. The molecule has 1 aromatic heterocycles. The number of amides is 2. The van der Waals surface area contributed by atoms with Crippen molar-refractivity contribution in [2.75, 3.05) is 6.54 Å². The van der Waals surface area contributed by atoms with Crippen LogP contribution in [0.25, 0.3) is 0 Å². The highest BCUT2D eigenvalue weighted by molar-refractivity contribution is 9.10. The summed E-state index contributed by atoms with van der Waals surface area (Å²) in [6.07, 6.45) is -2.70. The summed E-state index contributed by atoms with van der Waals surface area (Å²) in [7, 11) is 0. The maximum atomic E-state index is 13.3. The lowest BCUT2D eigenvalue weighted by molar-refractivity contribution is -0.125. The molecule has 2 atom stereocenters. The van der Waals surface area contributed by atoms with Gasteiger partial charge in [0.1, 0.15) is 12.2 Å². The van der Waals surface area contributed by atoms with Crippen LogP contribution in [0, 0.1) is 6.92 Å². The zero-order valence-corrected chi connectivity index (χ0v) is 12.9. The highest BCUT2D eigenvalue weighted by Crippen LogP contribution is 2.21. The zero-order valence-electron chi connectivity index (χ0n) is 11.3. The molecule has 0 aliphatic carbocycles. The summed E-state index contributed by atoms with van der Waals surface area (Å²) in [6, 6.07) is 2.61. The number of likely N-dealkylation sites (tertiary alicyclic amines) is 1. The molecular formula is C13H15BrFN3O3. The Morgan fingerprint density at radius 3 is 2.90 bits per heavy atom. The minimum absolute atomic E-state index is 0.108. The third kappa shape index (κ3) is 3.90. The normalized spacial score (nSPS) is 21.4. The number of nitrogens with one attached hydrogen (secondary N) is 1. The molecule has 0 saturated carbocycles. The van der Waals surface area contributed by atoms with Crippen LogP contribution in [0.15, 0.2) is 16.6 Å². The first-order valence-electron chi connectivity index (χ1n) is 6.41. The first-order chi connectivity index (χ1) is 9.86. The maximum Gasteiger partial charge on any atom is 0.408 e. The Hall–Kier alpha value is -1.70. The highest BCUT2D eigenvalue weighted by atomic mass is 79.9. The van der Waals surface area contributed by atoms with Gasteiger partial charge in [-0.3, -0.25) is 14.7 Å². The van der Waals surface area contributed by atoms with Crippen molar-refractivity contribution in [3.05, 3.63) is 28.0 Å². The Labute approximate surface area is 129 Å². The number of hydrogen-bond acceptors (Lipinski definition) is 3. The molecule has 8 heteroatoms. The van der Waals surface area contributed by atoms with Crippen LogP contribution in [0.5, 0.6) is 0 Å². The standard InChI is InChI=1S/C13H15BrFN3O3/c1-7-2-8(14)3-10(17-7)5-16-12(19)11-4-9(15)6-18(11)13(20)21/h2-3,9,11H,4-6H2,1H3,(H,16,19)(H,20,21)/t9-,11+/m1/s1. The number of carbonyl (C=O) groups excluding carboxylic acids is 1. The van der Waals surface area contributed by atoms with Gasteiger partial charge in [0.15, 0.2) is 0 Å². The number of halogens is 2. The van der Waals surface area contributed by atoms with E-state index in [1.54, 1.807) is 6.07 Å². The van der Waals surface area contributed by atoms with Crippen molar-refractivity contribution in [1.82, 2.24) is 15.2 Å². The Kier molecular flexibility index (Phi) is 4.76. The van der Waals surface area contributed by atoms with Crippen LogP contribution in [0.3, 0.4) is 0 Å². The van der Waals surface area contributed by atoms with Gasteiger partial charge in [-0.1, -0.05) is 15.9 Å². The number of aromatic nitrogens is 1. The second-order valence-electron chi connectivity index (χ2n) is 4.92. The van der Waals surface area contributed by atoms with Gasteiger partial charge in [-0.15, -0.1) is 0 Å². The lowest BCUT2D eigenvalue weighted by atomic mass is 10.2. The van der Waals surface area contributed by atoms with Crippen molar-refractivity contribution in [3.63, 3.8) is 0 Å². The molecule has 2 amide bonds. The summed E-state index contributed by atoms with van der Waals surface area (Å²) in [4.78, 5) is 28.1. The molecule has 2 rings (SSSR count). The van der Waals surface area contributed by atoms with Crippen molar-refractivity contribution in [1.29, 1.82) is 0 Å². The molecule has 0 spiro atoms. The third-order valence-electron chi connectivity index (χ3n) is 3.21. The maximum absolute atomic E-state index is 13.3. The smallest absolute Gasteiger partial charge is 0.408 e. The van der Waals surface area contributed by atoms with E-state index in [9.17, 15) is 14.0 Å². The average Bonchev–Trinajstić information content (AvgIpc) is 2.77. The van der Waals surface area contributed by atoms with Crippen LogP contribution in [-0.2, 0) is 11.3 Å². The van der Waals surface area contributed by atoms with E-state index in [4.69, 9.17) is 5.11 Å². The van der Waals surface area contributed by atoms with Gasteiger partial charge in [-0.25, -0.2) is 9.18 Å². The van der Waals surface area contributed by atoms with E-state index >= 15 is 0 Å². The third-order valence-corrected chi connectivity index (χ3v) is 3.67. The summed E-state index contributed by atoms with van der Waals surface area (Å²) in [5.41, 5.74) is 1.44.